The van der Waals surface area contributed by atoms with Crippen LogP contribution in [0.25, 0.3) is 11.1 Å². The molecule has 1 unspecified atom stereocenters. The summed E-state index contributed by atoms with van der Waals surface area (Å²) in [5.74, 6) is 0.0660. The van der Waals surface area contributed by atoms with E-state index in [1.807, 2.05) is 31.2 Å². The quantitative estimate of drug-likeness (QED) is 0.200. The molecule has 0 spiro atoms. The van der Waals surface area contributed by atoms with Gasteiger partial charge >= 0.3 is 0 Å². The lowest BCUT2D eigenvalue weighted by Gasteiger charge is -2.12. The molecule has 0 fully saturated rings. The van der Waals surface area contributed by atoms with Crippen LogP contribution in [0.1, 0.15) is 101 Å². The van der Waals surface area contributed by atoms with Gasteiger partial charge in [0.1, 0.15) is 6.10 Å². The molecule has 0 aromatic heterocycles. The van der Waals surface area contributed by atoms with Gasteiger partial charge in [-0.05, 0) is 42.9 Å². The van der Waals surface area contributed by atoms with Gasteiger partial charge in [-0.3, -0.25) is 4.79 Å². The minimum atomic E-state index is -0.381. The van der Waals surface area contributed by atoms with Crippen LogP contribution in [0.5, 0.6) is 0 Å². The number of hydrogen-bond acceptors (Lipinski definition) is 2. The van der Waals surface area contributed by atoms with E-state index < -0.39 is 0 Å². The number of rotatable bonds is 16. The van der Waals surface area contributed by atoms with Gasteiger partial charge in [-0.25, -0.2) is 0 Å². The average Bonchev–Trinajstić information content (AvgIpc) is 2.81. The molecule has 31 heavy (non-hydrogen) atoms. The molecule has 0 aliphatic heterocycles. The zero-order valence-electron chi connectivity index (χ0n) is 20.0. The van der Waals surface area contributed by atoms with Crippen molar-refractivity contribution in [1.82, 2.24) is 0 Å². The predicted molar refractivity (Wildman–Crippen MR) is 133 cm³/mol. The second kappa shape index (κ2) is 15.0. The second-order valence-electron chi connectivity index (χ2n) is 8.73. The first-order valence-corrected chi connectivity index (χ1v) is 12.5. The van der Waals surface area contributed by atoms with Crippen LogP contribution in [0, 0.1) is 0 Å². The SMILES string of the molecule is CCCCCCCCc1ccc(-c2ccc(C(=O)C(C)OCCCCCC)cc2)cc1. The molecule has 2 aromatic carbocycles. The van der Waals surface area contributed by atoms with Gasteiger partial charge in [-0.2, -0.15) is 0 Å². The maximum Gasteiger partial charge on any atom is 0.191 e. The number of carbonyl (C=O) groups excluding carboxylic acids is 1. The van der Waals surface area contributed by atoms with E-state index >= 15 is 0 Å². The molecular formula is C29H42O2. The molecule has 170 valence electrons. The number of benzene rings is 2. The summed E-state index contributed by atoms with van der Waals surface area (Å²) in [4.78, 5) is 12.6. The molecule has 2 heteroatoms. The highest BCUT2D eigenvalue weighted by Gasteiger charge is 2.15. The topological polar surface area (TPSA) is 26.3 Å². The van der Waals surface area contributed by atoms with Crippen LogP contribution in [0.15, 0.2) is 48.5 Å². The Labute approximate surface area is 190 Å². The fraction of sp³-hybridized carbons (Fsp3) is 0.552. The first-order valence-electron chi connectivity index (χ1n) is 12.5. The van der Waals surface area contributed by atoms with Crippen LogP contribution in [0.4, 0.5) is 0 Å². The van der Waals surface area contributed by atoms with Crippen molar-refractivity contribution in [2.24, 2.45) is 0 Å². The highest BCUT2D eigenvalue weighted by Crippen LogP contribution is 2.22. The first kappa shape index (κ1) is 25.3. The number of hydrogen-bond donors (Lipinski definition) is 0. The van der Waals surface area contributed by atoms with Gasteiger partial charge in [0.15, 0.2) is 5.78 Å². The van der Waals surface area contributed by atoms with Crippen molar-refractivity contribution in [2.45, 2.75) is 97.5 Å². The second-order valence-corrected chi connectivity index (χ2v) is 8.73. The van der Waals surface area contributed by atoms with Gasteiger partial charge in [-0.15, -0.1) is 0 Å². The maximum atomic E-state index is 12.6. The summed E-state index contributed by atoms with van der Waals surface area (Å²) in [6, 6.07) is 16.8. The average molecular weight is 423 g/mol. The fourth-order valence-electron chi connectivity index (χ4n) is 3.90. The normalized spacial score (nSPS) is 12.1. The van der Waals surface area contributed by atoms with Gasteiger partial charge in [0.25, 0.3) is 0 Å². The number of unbranched alkanes of at least 4 members (excludes halogenated alkanes) is 8. The minimum absolute atomic E-state index is 0.0660. The van der Waals surface area contributed by atoms with Gasteiger partial charge < -0.3 is 4.74 Å². The number of aryl methyl sites for hydroxylation is 1. The summed E-state index contributed by atoms with van der Waals surface area (Å²) in [5.41, 5.74) is 4.49. The Hall–Kier alpha value is -1.93. The summed E-state index contributed by atoms with van der Waals surface area (Å²) in [5, 5.41) is 0. The molecule has 0 aliphatic rings. The highest BCUT2D eigenvalue weighted by atomic mass is 16.5. The largest absolute Gasteiger partial charge is 0.370 e. The number of carbonyl (C=O) groups is 1. The third kappa shape index (κ3) is 9.39. The van der Waals surface area contributed by atoms with Crippen LogP contribution >= 0.6 is 0 Å². The Morgan fingerprint density at radius 1 is 0.710 bits per heavy atom. The van der Waals surface area contributed by atoms with E-state index in [2.05, 4.69) is 38.1 Å². The number of ether oxygens (including phenoxy) is 1. The van der Waals surface area contributed by atoms with Gasteiger partial charge in [-0.1, -0.05) is 114 Å². The smallest absolute Gasteiger partial charge is 0.191 e. The molecule has 2 rings (SSSR count). The van der Waals surface area contributed by atoms with E-state index in [0.717, 1.165) is 24.0 Å². The van der Waals surface area contributed by atoms with Crippen molar-refractivity contribution in [3.8, 4) is 11.1 Å². The van der Waals surface area contributed by atoms with Crippen LogP contribution in [0.2, 0.25) is 0 Å². The van der Waals surface area contributed by atoms with Crippen LogP contribution in [-0.2, 0) is 11.2 Å². The lowest BCUT2D eigenvalue weighted by molar-refractivity contribution is 0.0464. The Kier molecular flexibility index (Phi) is 12.2. The van der Waals surface area contributed by atoms with Gasteiger partial charge in [0, 0.05) is 12.2 Å². The lowest BCUT2D eigenvalue weighted by Crippen LogP contribution is -2.21. The summed E-state index contributed by atoms with van der Waals surface area (Å²) < 4.78 is 5.74. The van der Waals surface area contributed by atoms with Crippen molar-refractivity contribution >= 4 is 5.78 Å². The van der Waals surface area contributed by atoms with Crippen molar-refractivity contribution in [1.29, 1.82) is 0 Å². The van der Waals surface area contributed by atoms with Crippen molar-refractivity contribution in [2.75, 3.05) is 6.61 Å². The Balaban J connectivity index is 1.80. The Morgan fingerprint density at radius 3 is 1.84 bits per heavy atom. The van der Waals surface area contributed by atoms with E-state index in [1.54, 1.807) is 0 Å². The Bertz CT molecular complexity index is 730. The molecular weight excluding hydrogens is 380 g/mol. The zero-order chi connectivity index (χ0) is 22.3. The molecule has 0 radical (unpaired) electrons. The Morgan fingerprint density at radius 2 is 1.23 bits per heavy atom. The van der Waals surface area contributed by atoms with Crippen molar-refractivity contribution in [3.63, 3.8) is 0 Å². The fourth-order valence-corrected chi connectivity index (χ4v) is 3.90. The monoisotopic (exact) mass is 422 g/mol. The maximum absolute atomic E-state index is 12.6. The third-order valence-electron chi connectivity index (χ3n) is 6.01. The summed E-state index contributed by atoms with van der Waals surface area (Å²) in [6.07, 6.45) is 13.4. The molecule has 0 saturated heterocycles. The number of ketones is 1. The predicted octanol–water partition coefficient (Wildman–Crippen LogP) is 8.42. The molecule has 0 saturated carbocycles. The standard InChI is InChI=1S/C29H42O2/c1-4-6-8-10-11-12-14-25-15-17-26(18-16-25)27-19-21-28(22-20-27)29(30)24(3)31-23-13-9-7-5-2/h15-22,24H,4-14,23H2,1-3H3. The molecule has 2 aromatic rings. The van der Waals surface area contributed by atoms with E-state index in [1.165, 1.54) is 68.9 Å². The summed E-state index contributed by atoms with van der Waals surface area (Å²) in [6.45, 7) is 6.98. The van der Waals surface area contributed by atoms with Crippen LogP contribution < -0.4 is 0 Å². The molecule has 0 N–H and O–H groups in total. The molecule has 2 nitrogen and oxygen atoms in total. The van der Waals surface area contributed by atoms with Crippen LogP contribution in [-0.4, -0.2) is 18.5 Å². The lowest BCUT2D eigenvalue weighted by atomic mass is 9.98. The minimum Gasteiger partial charge on any atom is -0.370 e. The summed E-state index contributed by atoms with van der Waals surface area (Å²) >= 11 is 0. The van der Waals surface area contributed by atoms with E-state index in [9.17, 15) is 4.79 Å². The first-order chi connectivity index (χ1) is 15.2. The van der Waals surface area contributed by atoms with Crippen LogP contribution in [0.3, 0.4) is 0 Å². The molecule has 0 bridgehead atoms. The van der Waals surface area contributed by atoms with Crippen molar-refractivity contribution in [3.05, 3.63) is 59.7 Å². The van der Waals surface area contributed by atoms with Gasteiger partial charge in [0.2, 0.25) is 0 Å². The molecule has 1 atom stereocenters. The van der Waals surface area contributed by atoms with Crippen molar-refractivity contribution < 1.29 is 9.53 Å². The third-order valence-corrected chi connectivity index (χ3v) is 6.01. The molecule has 0 aliphatic carbocycles. The molecule has 0 heterocycles. The highest BCUT2D eigenvalue weighted by molar-refractivity contribution is 5.99. The number of Topliss-reactive ketones (excluding diaryl/α,β-unsaturated/α-hetero) is 1. The summed E-state index contributed by atoms with van der Waals surface area (Å²) in [7, 11) is 0. The zero-order valence-corrected chi connectivity index (χ0v) is 20.0. The van der Waals surface area contributed by atoms with E-state index in [0.29, 0.717) is 6.61 Å². The van der Waals surface area contributed by atoms with Gasteiger partial charge in [0.05, 0.1) is 0 Å². The van der Waals surface area contributed by atoms with E-state index in [-0.39, 0.29) is 11.9 Å². The van der Waals surface area contributed by atoms with E-state index in [4.69, 9.17) is 4.74 Å². The molecule has 0 amide bonds.